The Labute approximate surface area is 167 Å². The van der Waals surface area contributed by atoms with E-state index in [0.717, 1.165) is 74.4 Å². The van der Waals surface area contributed by atoms with Crippen molar-refractivity contribution < 1.29 is 4.79 Å². The number of piperidine rings is 2. The zero-order valence-corrected chi connectivity index (χ0v) is 16.4. The first-order valence-corrected chi connectivity index (χ1v) is 10.4. The van der Waals surface area contributed by atoms with E-state index in [-0.39, 0.29) is 17.9 Å². The predicted octanol–water partition coefficient (Wildman–Crippen LogP) is 2.77. The molecule has 0 saturated carbocycles. The van der Waals surface area contributed by atoms with Crippen LogP contribution in [-0.2, 0) is 0 Å². The number of nitrogens with two attached hydrogens (primary N) is 2. The van der Waals surface area contributed by atoms with E-state index in [2.05, 4.69) is 21.9 Å². The molecule has 0 radical (unpaired) electrons. The van der Waals surface area contributed by atoms with Gasteiger partial charge in [0.15, 0.2) is 5.78 Å². The third-order valence-corrected chi connectivity index (χ3v) is 6.06. The minimum Gasteiger partial charge on any atom is -0.371 e. The maximum atomic E-state index is 13.6. The van der Waals surface area contributed by atoms with Crippen LogP contribution in [0, 0.1) is 0 Å². The average molecular weight is 379 g/mol. The van der Waals surface area contributed by atoms with Gasteiger partial charge in [0.1, 0.15) is 0 Å². The summed E-state index contributed by atoms with van der Waals surface area (Å²) in [5, 5.41) is 0. The molecule has 0 atom stereocenters. The number of nitrogens with zero attached hydrogens (tertiary/aromatic N) is 2. The Morgan fingerprint density at radius 3 is 1.43 bits per heavy atom. The molecule has 2 aliphatic rings. The lowest BCUT2D eigenvalue weighted by Gasteiger charge is -2.34. The monoisotopic (exact) mass is 378 g/mol. The van der Waals surface area contributed by atoms with Crippen molar-refractivity contribution in [1.82, 2.24) is 0 Å². The summed E-state index contributed by atoms with van der Waals surface area (Å²) in [6, 6.07) is 16.5. The molecular weight excluding hydrogens is 348 g/mol. The van der Waals surface area contributed by atoms with E-state index in [1.807, 2.05) is 36.4 Å². The molecule has 5 nitrogen and oxygen atoms in total. The van der Waals surface area contributed by atoms with Crippen LogP contribution in [0.15, 0.2) is 48.5 Å². The molecule has 2 heterocycles. The van der Waals surface area contributed by atoms with E-state index in [9.17, 15) is 4.79 Å². The normalized spacial score (nSPS) is 19.1. The molecule has 28 heavy (non-hydrogen) atoms. The minimum atomic E-state index is 0.0935. The maximum Gasteiger partial charge on any atom is 0.197 e. The number of anilines is 2. The Kier molecular flexibility index (Phi) is 5.64. The van der Waals surface area contributed by atoms with Crippen molar-refractivity contribution >= 4 is 17.2 Å². The van der Waals surface area contributed by atoms with Gasteiger partial charge in [0.05, 0.1) is 0 Å². The molecule has 2 aromatic rings. The second-order valence-electron chi connectivity index (χ2n) is 8.01. The molecule has 0 unspecified atom stereocenters. The van der Waals surface area contributed by atoms with Gasteiger partial charge in [0, 0.05) is 60.8 Å². The molecule has 2 aromatic carbocycles. The van der Waals surface area contributed by atoms with Crippen LogP contribution in [0.4, 0.5) is 11.4 Å². The molecule has 0 amide bonds. The summed E-state index contributed by atoms with van der Waals surface area (Å²) in [5.74, 6) is 0.0935. The third kappa shape index (κ3) is 3.91. The van der Waals surface area contributed by atoms with E-state index >= 15 is 0 Å². The SMILES string of the molecule is NC1CCN(c2ccccc2C(=O)c2ccccc2N2CCC(N)CC2)CC1. The zero-order valence-electron chi connectivity index (χ0n) is 16.4. The van der Waals surface area contributed by atoms with Crippen LogP contribution in [0.25, 0.3) is 0 Å². The molecule has 4 rings (SSSR count). The van der Waals surface area contributed by atoms with Crippen molar-refractivity contribution in [2.24, 2.45) is 11.5 Å². The van der Waals surface area contributed by atoms with Gasteiger partial charge in [-0.1, -0.05) is 24.3 Å². The van der Waals surface area contributed by atoms with Crippen molar-refractivity contribution in [2.75, 3.05) is 36.0 Å². The number of hydrogen-bond acceptors (Lipinski definition) is 5. The summed E-state index contributed by atoms with van der Waals surface area (Å²) in [6.07, 6.45) is 3.86. The topological polar surface area (TPSA) is 75.6 Å². The predicted molar refractivity (Wildman–Crippen MR) is 115 cm³/mol. The van der Waals surface area contributed by atoms with Gasteiger partial charge >= 0.3 is 0 Å². The number of hydrogen-bond donors (Lipinski definition) is 2. The molecule has 4 N–H and O–H groups in total. The van der Waals surface area contributed by atoms with Gasteiger partial charge in [-0.25, -0.2) is 0 Å². The van der Waals surface area contributed by atoms with Crippen molar-refractivity contribution in [3.05, 3.63) is 59.7 Å². The first kappa shape index (κ1) is 19.0. The van der Waals surface area contributed by atoms with Crippen LogP contribution in [-0.4, -0.2) is 44.0 Å². The molecule has 2 saturated heterocycles. The quantitative estimate of drug-likeness (QED) is 0.800. The summed E-state index contributed by atoms with van der Waals surface area (Å²) in [6.45, 7) is 3.60. The smallest absolute Gasteiger partial charge is 0.197 e. The first-order valence-electron chi connectivity index (χ1n) is 10.4. The molecule has 0 spiro atoms. The Hall–Kier alpha value is -2.37. The Bertz CT molecular complexity index is 753. The van der Waals surface area contributed by atoms with Gasteiger partial charge in [-0.3, -0.25) is 4.79 Å². The summed E-state index contributed by atoms with van der Waals surface area (Å²) >= 11 is 0. The van der Waals surface area contributed by atoms with Crippen LogP contribution in [0.1, 0.15) is 41.6 Å². The van der Waals surface area contributed by atoms with Crippen molar-refractivity contribution in [1.29, 1.82) is 0 Å². The fourth-order valence-electron chi connectivity index (χ4n) is 4.31. The first-order chi connectivity index (χ1) is 13.6. The summed E-state index contributed by atoms with van der Waals surface area (Å²) in [7, 11) is 0. The fourth-order valence-corrected chi connectivity index (χ4v) is 4.31. The summed E-state index contributed by atoms with van der Waals surface area (Å²) < 4.78 is 0. The van der Waals surface area contributed by atoms with Crippen LogP contribution >= 0.6 is 0 Å². The lowest BCUT2D eigenvalue weighted by molar-refractivity contribution is 0.103. The minimum absolute atomic E-state index is 0.0935. The fraction of sp³-hybridized carbons (Fsp3) is 0.435. The van der Waals surface area contributed by atoms with Gasteiger partial charge < -0.3 is 21.3 Å². The number of ketones is 1. The average Bonchev–Trinajstić information content (AvgIpc) is 2.74. The molecule has 148 valence electrons. The molecule has 0 aliphatic carbocycles. The maximum absolute atomic E-state index is 13.6. The second-order valence-corrected chi connectivity index (χ2v) is 8.01. The largest absolute Gasteiger partial charge is 0.371 e. The van der Waals surface area contributed by atoms with Crippen LogP contribution in [0.3, 0.4) is 0 Å². The van der Waals surface area contributed by atoms with Crippen LogP contribution < -0.4 is 21.3 Å². The van der Waals surface area contributed by atoms with Crippen molar-refractivity contribution in [3.63, 3.8) is 0 Å². The Morgan fingerprint density at radius 1 is 0.679 bits per heavy atom. The van der Waals surface area contributed by atoms with E-state index < -0.39 is 0 Å². The molecule has 2 fully saturated rings. The van der Waals surface area contributed by atoms with Crippen molar-refractivity contribution in [3.8, 4) is 0 Å². The van der Waals surface area contributed by atoms with E-state index in [4.69, 9.17) is 11.5 Å². The lowest BCUT2D eigenvalue weighted by atomic mass is 9.96. The number of rotatable bonds is 4. The summed E-state index contributed by atoms with van der Waals surface area (Å²) in [4.78, 5) is 18.2. The van der Waals surface area contributed by atoms with Gasteiger partial charge in [0.25, 0.3) is 0 Å². The highest BCUT2D eigenvalue weighted by Gasteiger charge is 2.25. The van der Waals surface area contributed by atoms with E-state index in [1.165, 1.54) is 0 Å². The van der Waals surface area contributed by atoms with E-state index in [1.54, 1.807) is 0 Å². The third-order valence-electron chi connectivity index (χ3n) is 6.06. The molecule has 2 aliphatic heterocycles. The van der Waals surface area contributed by atoms with E-state index in [0.29, 0.717) is 0 Å². The number of benzene rings is 2. The summed E-state index contributed by atoms with van der Waals surface area (Å²) in [5.41, 5.74) is 15.7. The highest BCUT2D eigenvalue weighted by atomic mass is 16.1. The number of para-hydroxylation sites is 2. The zero-order chi connectivity index (χ0) is 19.5. The van der Waals surface area contributed by atoms with Crippen molar-refractivity contribution in [2.45, 2.75) is 37.8 Å². The van der Waals surface area contributed by atoms with Crippen LogP contribution in [0.2, 0.25) is 0 Å². The van der Waals surface area contributed by atoms with Crippen LogP contribution in [0.5, 0.6) is 0 Å². The Morgan fingerprint density at radius 2 is 1.04 bits per heavy atom. The van der Waals surface area contributed by atoms with Gasteiger partial charge in [-0.15, -0.1) is 0 Å². The van der Waals surface area contributed by atoms with Gasteiger partial charge in [0.2, 0.25) is 0 Å². The second kappa shape index (κ2) is 8.33. The standard InChI is InChI=1S/C23H30N4O/c24-17-9-13-26(14-10-17)21-7-3-1-5-19(21)23(28)20-6-2-4-8-22(20)27-15-11-18(25)12-16-27/h1-8,17-18H,9-16,24-25H2. The van der Waals surface area contributed by atoms with Gasteiger partial charge in [-0.05, 0) is 49.9 Å². The lowest BCUT2D eigenvalue weighted by Crippen LogP contribution is -2.40. The van der Waals surface area contributed by atoms with Gasteiger partial charge in [-0.2, -0.15) is 0 Å². The molecular formula is C23H30N4O. The molecule has 0 aromatic heterocycles. The molecule has 5 heteroatoms. The number of carbonyl (C=O) groups is 1. The molecule has 0 bridgehead atoms. The highest BCUT2D eigenvalue weighted by molar-refractivity contribution is 6.15. The number of carbonyl (C=O) groups excluding carboxylic acids is 1. The highest BCUT2D eigenvalue weighted by Crippen LogP contribution is 2.30. The Balaban J connectivity index is 1.64.